The van der Waals surface area contributed by atoms with Gasteiger partial charge in [-0.05, 0) is 75.6 Å². The number of aromatic nitrogens is 1. The van der Waals surface area contributed by atoms with Crippen molar-refractivity contribution < 1.29 is 9.53 Å². The molecular formula is C31H40N4O2S. The van der Waals surface area contributed by atoms with Crippen LogP contribution in [0.2, 0.25) is 0 Å². The first-order valence-corrected chi connectivity index (χ1v) is 15.3. The quantitative estimate of drug-likeness (QED) is 0.404. The van der Waals surface area contributed by atoms with Gasteiger partial charge in [-0.2, -0.15) is 0 Å². The number of benzene rings is 2. The minimum Gasteiger partial charge on any atom is -0.491 e. The summed E-state index contributed by atoms with van der Waals surface area (Å²) in [5.74, 6) is 2.40. The number of rotatable bonds is 1. The fourth-order valence-corrected chi connectivity index (χ4v) is 7.14. The minimum absolute atomic E-state index is 0.00430. The molecule has 1 aliphatic carbocycles. The van der Waals surface area contributed by atoms with Gasteiger partial charge in [0.1, 0.15) is 12.4 Å². The summed E-state index contributed by atoms with van der Waals surface area (Å²) in [6.45, 7) is 4.51. The van der Waals surface area contributed by atoms with Crippen molar-refractivity contribution in [1.82, 2.24) is 19.1 Å². The van der Waals surface area contributed by atoms with Crippen LogP contribution in [0.4, 0.5) is 0 Å². The summed E-state index contributed by atoms with van der Waals surface area (Å²) in [5, 5.41) is 1.30. The van der Waals surface area contributed by atoms with E-state index in [9.17, 15) is 4.79 Å². The van der Waals surface area contributed by atoms with Crippen molar-refractivity contribution in [1.29, 1.82) is 0 Å². The molecule has 2 aliphatic heterocycles. The zero-order valence-electron chi connectivity index (χ0n) is 22.7. The van der Waals surface area contributed by atoms with Crippen LogP contribution in [0.5, 0.6) is 5.75 Å². The van der Waals surface area contributed by atoms with E-state index in [0.717, 1.165) is 49.7 Å². The third kappa shape index (κ3) is 5.08. The molecule has 3 aliphatic rings. The topological polar surface area (TPSA) is 49.7 Å². The van der Waals surface area contributed by atoms with Gasteiger partial charge < -0.3 is 14.2 Å². The molecule has 1 aromatic heterocycles. The van der Waals surface area contributed by atoms with Crippen LogP contribution in [0.1, 0.15) is 60.4 Å². The van der Waals surface area contributed by atoms with Crippen LogP contribution >= 0.6 is 11.9 Å². The number of para-hydroxylation sites is 1. The molecule has 4 bridgehead atoms. The lowest BCUT2D eigenvalue weighted by atomic mass is 9.81. The molecule has 6 nitrogen and oxygen atoms in total. The van der Waals surface area contributed by atoms with Gasteiger partial charge in [0.05, 0.1) is 11.7 Å². The predicted octanol–water partition coefficient (Wildman–Crippen LogP) is 5.76. The van der Waals surface area contributed by atoms with E-state index >= 15 is 0 Å². The molecule has 38 heavy (non-hydrogen) atoms. The van der Waals surface area contributed by atoms with Gasteiger partial charge in [0, 0.05) is 47.4 Å². The van der Waals surface area contributed by atoms with E-state index in [1.165, 1.54) is 71.8 Å². The van der Waals surface area contributed by atoms with Gasteiger partial charge in [0.2, 0.25) is 0 Å². The summed E-state index contributed by atoms with van der Waals surface area (Å²) < 4.78 is 12.2. The molecule has 3 aromatic rings. The Balaban J connectivity index is 1.56. The number of hydrogen-bond acceptors (Lipinski definition) is 5. The molecule has 0 saturated heterocycles. The third-order valence-electron chi connectivity index (χ3n) is 8.75. The first kappa shape index (κ1) is 25.8. The minimum atomic E-state index is -0.00430. The largest absolute Gasteiger partial charge is 0.491 e. The fourth-order valence-electron chi connectivity index (χ4n) is 6.51. The second kappa shape index (κ2) is 11.3. The maximum absolute atomic E-state index is 13.2. The number of fused-ring (bicyclic) bond motifs is 4. The van der Waals surface area contributed by atoms with Crippen molar-refractivity contribution in [3.05, 3.63) is 53.6 Å². The Labute approximate surface area is 230 Å². The monoisotopic (exact) mass is 532 g/mol. The maximum atomic E-state index is 13.2. The fraction of sp³-hybridized carbons (Fsp3) is 0.516. The van der Waals surface area contributed by atoms with Gasteiger partial charge in [0.15, 0.2) is 0 Å². The number of ether oxygens (including phenoxy) is 1. The van der Waals surface area contributed by atoms with Crippen LogP contribution in [0, 0.1) is 0 Å². The Morgan fingerprint density at radius 1 is 0.974 bits per heavy atom. The highest BCUT2D eigenvalue weighted by Crippen LogP contribution is 2.47. The highest BCUT2D eigenvalue weighted by molar-refractivity contribution is 7.97. The lowest BCUT2D eigenvalue weighted by Crippen LogP contribution is -2.44. The molecule has 7 heteroatoms. The van der Waals surface area contributed by atoms with Crippen LogP contribution in [0.3, 0.4) is 0 Å². The van der Waals surface area contributed by atoms with Gasteiger partial charge in [-0.1, -0.05) is 49.4 Å². The molecule has 1 saturated carbocycles. The smallest absolute Gasteiger partial charge is 0.261 e. The van der Waals surface area contributed by atoms with E-state index < -0.39 is 0 Å². The van der Waals surface area contributed by atoms with Crippen molar-refractivity contribution >= 4 is 28.8 Å². The number of nitrogens with one attached hydrogen (secondary N) is 1. The number of hydrogen-bond donors (Lipinski definition) is 1. The lowest BCUT2D eigenvalue weighted by molar-refractivity contribution is 0.0984. The van der Waals surface area contributed by atoms with Crippen LogP contribution in [0.15, 0.2) is 42.5 Å². The molecule has 202 valence electrons. The van der Waals surface area contributed by atoms with E-state index in [0.29, 0.717) is 12.5 Å². The molecule has 0 radical (unpaired) electrons. The number of likely N-dealkylation sites (N-methyl/N-ethyl adjacent to an activating group) is 2. The summed E-state index contributed by atoms with van der Waals surface area (Å²) in [4.78, 5) is 18.1. The van der Waals surface area contributed by atoms with E-state index in [2.05, 4.69) is 69.6 Å². The normalized spacial score (nSPS) is 22.6. The van der Waals surface area contributed by atoms with Gasteiger partial charge in [-0.25, -0.2) is 0 Å². The SMILES string of the molecule is CN1CCCSNC(=O)c2ccc3c(C4CCCCC4)c4n(c3c2)C[C@H](COc2ccccc2-4)N(C)CC1. The first-order chi connectivity index (χ1) is 18.6. The number of amides is 1. The highest BCUT2D eigenvalue weighted by atomic mass is 32.2. The lowest BCUT2D eigenvalue weighted by Gasteiger charge is -2.33. The first-order valence-electron chi connectivity index (χ1n) is 14.3. The maximum Gasteiger partial charge on any atom is 0.261 e. The van der Waals surface area contributed by atoms with E-state index in [1.807, 2.05) is 6.07 Å². The molecule has 1 N–H and O–H groups in total. The molecule has 1 atom stereocenters. The number of carbonyl (C=O) groups is 1. The predicted molar refractivity (Wildman–Crippen MR) is 157 cm³/mol. The molecule has 2 aromatic carbocycles. The van der Waals surface area contributed by atoms with Gasteiger partial charge in [-0.15, -0.1) is 0 Å². The van der Waals surface area contributed by atoms with E-state index in [1.54, 1.807) is 0 Å². The Bertz CT molecular complexity index is 1300. The van der Waals surface area contributed by atoms with Crippen molar-refractivity contribution in [2.45, 2.75) is 57.0 Å². The van der Waals surface area contributed by atoms with Crippen LogP contribution in [-0.2, 0) is 6.54 Å². The van der Waals surface area contributed by atoms with E-state index in [4.69, 9.17) is 4.74 Å². The third-order valence-corrected chi connectivity index (χ3v) is 9.58. The Morgan fingerprint density at radius 2 is 1.82 bits per heavy atom. The second-order valence-corrected chi connectivity index (χ2v) is 12.2. The van der Waals surface area contributed by atoms with Crippen LogP contribution < -0.4 is 9.46 Å². The van der Waals surface area contributed by atoms with Gasteiger partial charge >= 0.3 is 0 Å². The molecule has 0 spiro atoms. The second-order valence-electron chi connectivity index (χ2n) is 11.3. The van der Waals surface area contributed by atoms with Crippen molar-refractivity contribution in [2.75, 3.05) is 46.1 Å². The van der Waals surface area contributed by atoms with Gasteiger partial charge in [0.25, 0.3) is 5.91 Å². The Hall–Kier alpha value is -2.48. The van der Waals surface area contributed by atoms with Crippen molar-refractivity contribution in [2.24, 2.45) is 0 Å². The summed E-state index contributed by atoms with van der Waals surface area (Å²) in [6, 6.07) is 15.2. The molecular weight excluding hydrogens is 492 g/mol. The number of carbonyl (C=O) groups excluding carboxylic acids is 1. The number of nitrogens with zero attached hydrogens (tertiary/aromatic N) is 3. The molecule has 1 fully saturated rings. The zero-order chi connectivity index (χ0) is 26.1. The van der Waals surface area contributed by atoms with Crippen molar-refractivity contribution in [3.63, 3.8) is 0 Å². The Morgan fingerprint density at radius 3 is 2.68 bits per heavy atom. The summed E-state index contributed by atoms with van der Waals surface area (Å²) >= 11 is 1.53. The molecule has 6 rings (SSSR count). The average Bonchev–Trinajstić information content (AvgIpc) is 3.25. The molecule has 1 amide bonds. The highest BCUT2D eigenvalue weighted by Gasteiger charge is 2.31. The summed E-state index contributed by atoms with van der Waals surface area (Å²) in [7, 11) is 4.43. The molecule has 3 heterocycles. The van der Waals surface area contributed by atoms with Gasteiger partial charge in [-0.3, -0.25) is 14.4 Å². The van der Waals surface area contributed by atoms with E-state index in [-0.39, 0.29) is 11.9 Å². The average molecular weight is 533 g/mol. The van der Waals surface area contributed by atoms with Crippen molar-refractivity contribution in [3.8, 4) is 17.0 Å². The zero-order valence-corrected chi connectivity index (χ0v) is 23.6. The van der Waals surface area contributed by atoms with Crippen LogP contribution in [-0.4, -0.2) is 72.4 Å². The standard InChI is InChI=1S/C31H40N4O2S/c1-33-15-8-18-38-32-31(36)23-13-14-25-27(19-23)35-20-24(34(2)17-16-33)21-37-28-12-7-6-11-26(28)30(35)29(25)22-9-4-3-5-10-22/h6-7,11-14,19,22,24H,3-5,8-10,15-18,20-21H2,1-2H3,(H,32,36)/t24-/m1/s1. The van der Waals surface area contributed by atoms with Crippen LogP contribution in [0.25, 0.3) is 22.2 Å². The summed E-state index contributed by atoms with van der Waals surface area (Å²) in [6.07, 6.45) is 7.39. The summed E-state index contributed by atoms with van der Waals surface area (Å²) in [5.41, 5.74) is 5.85. The Kier molecular flexibility index (Phi) is 7.68. The molecule has 0 unspecified atom stereocenters.